The zero-order chi connectivity index (χ0) is 17.1. The van der Waals surface area contributed by atoms with Gasteiger partial charge in [-0.05, 0) is 23.8 Å². The standard InChI is InChI=1S/C19H17N3O2/c1-2-9-23-14-6-3-12(4-7-14)18-15-8-5-13(21)10-17(15)24-19(22)16(18)11-20/h2-8,10,18H,1,9,21-22H2/t18-/m1/s1. The fourth-order valence-electron chi connectivity index (χ4n) is 2.73. The molecule has 3 rings (SSSR count). The third-order valence-corrected chi connectivity index (χ3v) is 3.82. The number of rotatable bonds is 4. The summed E-state index contributed by atoms with van der Waals surface area (Å²) in [5, 5.41) is 9.52. The van der Waals surface area contributed by atoms with Crippen LogP contribution in [0.4, 0.5) is 5.69 Å². The van der Waals surface area contributed by atoms with Crippen molar-refractivity contribution in [1.82, 2.24) is 0 Å². The third kappa shape index (κ3) is 2.77. The largest absolute Gasteiger partial charge is 0.490 e. The smallest absolute Gasteiger partial charge is 0.205 e. The molecule has 0 saturated heterocycles. The highest BCUT2D eigenvalue weighted by Crippen LogP contribution is 2.42. The van der Waals surface area contributed by atoms with Crippen LogP contribution in [0.2, 0.25) is 0 Å². The second kappa shape index (κ2) is 6.39. The van der Waals surface area contributed by atoms with Crippen LogP contribution < -0.4 is 20.9 Å². The number of nitriles is 1. The predicted octanol–water partition coefficient (Wildman–Crippen LogP) is 3.05. The molecule has 0 aromatic heterocycles. The van der Waals surface area contributed by atoms with Crippen molar-refractivity contribution in [2.24, 2.45) is 5.73 Å². The third-order valence-electron chi connectivity index (χ3n) is 3.82. The van der Waals surface area contributed by atoms with Crippen LogP contribution in [-0.2, 0) is 0 Å². The van der Waals surface area contributed by atoms with Crippen molar-refractivity contribution in [1.29, 1.82) is 5.26 Å². The van der Waals surface area contributed by atoms with Gasteiger partial charge in [-0.15, -0.1) is 0 Å². The molecule has 0 unspecified atom stereocenters. The van der Waals surface area contributed by atoms with Gasteiger partial charge in [-0.1, -0.05) is 30.9 Å². The Morgan fingerprint density at radius 3 is 2.62 bits per heavy atom. The maximum atomic E-state index is 9.52. The molecule has 0 fully saturated rings. The van der Waals surface area contributed by atoms with Crippen molar-refractivity contribution in [3.63, 3.8) is 0 Å². The lowest BCUT2D eigenvalue weighted by Crippen LogP contribution is -2.21. The van der Waals surface area contributed by atoms with Gasteiger partial charge in [0.15, 0.2) is 0 Å². The maximum absolute atomic E-state index is 9.52. The molecule has 2 aromatic rings. The summed E-state index contributed by atoms with van der Waals surface area (Å²) in [5.41, 5.74) is 14.5. The summed E-state index contributed by atoms with van der Waals surface area (Å²) in [7, 11) is 0. The van der Waals surface area contributed by atoms with E-state index in [-0.39, 0.29) is 11.8 Å². The average Bonchev–Trinajstić information content (AvgIpc) is 2.59. The number of hydrogen-bond acceptors (Lipinski definition) is 5. The Bertz CT molecular complexity index is 848. The van der Waals surface area contributed by atoms with Crippen LogP contribution in [0.15, 0.2) is 66.6 Å². The molecule has 0 aliphatic carbocycles. The van der Waals surface area contributed by atoms with E-state index in [9.17, 15) is 5.26 Å². The number of ether oxygens (including phenoxy) is 2. The summed E-state index contributed by atoms with van der Waals surface area (Å²) in [4.78, 5) is 0. The van der Waals surface area contributed by atoms with E-state index in [2.05, 4.69) is 12.6 Å². The van der Waals surface area contributed by atoms with E-state index in [0.29, 0.717) is 23.6 Å². The highest BCUT2D eigenvalue weighted by atomic mass is 16.5. The van der Waals surface area contributed by atoms with Gasteiger partial charge >= 0.3 is 0 Å². The normalized spacial score (nSPS) is 15.9. The van der Waals surface area contributed by atoms with Gasteiger partial charge in [0.25, 0.3) is 0 Å². The van der Waals surface area contributed by atoms with Crippen LogP contribution in [0, 0.1) is 11.3 Å². The Labute approximate surface area is 140 Å². The number of fused-ring (bicyclic) bond motifs is 1. The van der Waals surface area contributed by atoms with E-state index in [1.165, 1.54) is 0 Å². The molecular weight excluding hydrogens is 302 g/mol. The maximum Gasteiger partial charge on any atom is 0.205 e. The first-order valence-electron chi connectivity index (χ1n) is 7.44. The fraction of sp³-hybridized carbons (Fsp3) is 0.105. The molecule has 4 N–H and O–H groups in total. The van der Waals surface area contributed by atoms with Crippen molar-refractivity contribution in [2.45, 2.75) is 5.92 Å². The Morgan fingerprint density at radius 2 is 1.96 bits per heavy atom. The molecule has 24 heavy (non-hydrogen) atoms. The molecule has 5 heteroatoms. The number of nitrogen functional groups attached to an aromatic ring is 1. The number of nitrogens with two attached hydrogens (primary N) is 2. The number of benzene rings is 2. The summed E-state index contributed by atoms with van der Waals surface area (Å²) >= 11 is 0. The Balaban J connectivity index is 2.04. The number of nitrogens with zero attached hydrogens (tertiary/aromatic N) is 1. The van der Waals surface area contributed by atoms with E-state index in [4.69, 9.17) is 20.9 Å². The van der Waals surface area contributed by atoms with E-state index >= 15 is 0 Å². The van der Waals surface area contributed by atoms with Crippen molar-refractivity contribution in [2.75, 3.05) is 12.3 Å². The van der Waals surface area contributed by atoms with Crippen molar-refractivity contribution in [3.05, 3.63) is 77.7 Å². The number of hydrogen-bond donors (Lipinski definition) is 2. The Kier molecular flexibility index (Phi) is 4.13. The summed E-state index contributed by atoms with van der Waals surface area (Å²) in [6.07, 6.45) is 1.68. The molecule has 0 radical (unpaired) electrons. The highest BCUT2D eigenvalue weighted by Gasteiger charge is 2.30. The number of anilines is 1. The van der Waals surface area contributed by atoms with Crippen LogP contribution in [0.25, 0.3) is 0 Å². The van der Waals surface area contributed by atoms with Gasteiger partial charge in [0.2, 0.25) is 5.88 Å². The summed E-state index contributed by atoms with van der Waals surface area (Å²) in [5.74, 6) is 1.11. The number of allylic oxidation sites excluding steroid dienone is 1. The zero-order valence-corrected chi connectivity index (χ0v) is 13.0. The predicted molar refractivity (Wildman–Crippen MR) is 92.3 cm³/mol. The quantitative estimate of drug-likeness (QED) is 0.667. The van der Waals surface area contributed by atoms with Gasteiger partial charge in [0.1, 0.15) is 29.7 Å². The molecule has 0 saturated carbocycles. The van der Waals surface area contributed by atoms with Gasteiger partial charge in [0, 0.05) is 17.3 Å². The molecule has 1 aliphatic rings. The lowest BCUT2D eigenvalue weighted by atomic mass is 9.83. The molecule has 1 atom stereocenters. The second-order valence-electron chi connectivity index (χ2n) is 5.39. The van der Waals surface area contributed by atoms with Crippen molar-refractivity contribution in [3.8, 4) is 17.6 Å². The van der Waals surface area contributed by atoms with E-state index in [0.717, 1.165) is 16.9 Å². The highest BCUT2D eigenvalue weighted by molar-refractivity contribution is 5.59. The minimum atomic E-state index is -0.298. The summed E-state index contributed by atoms with van der Waals surface area (Å²) in [6.45, 7) is 4.06. The molecular formula is C19H17N3O2. The molecule has 1 heterocycles. The zero-order valence-electron chi connectivity index (χ0n) is 13.0. The van der Waals surface area contributed by atoms with E-state index in [1.807, 2.05) is 30.3 Å². The van der Waals surface area contributed by atoms with Crippen LogP contribution in [0.1, 0.15) is 17.0 Å². The average molecular weight is 319 g/mol. The van der Waals surface area contributed by atoms with Crippen LogP contribution in [-0.4, -0.2) is 6.61 Å². The van der Waals surface area contributed by atoms with Gasteiger partial charge in [0.05, 0.1) is 5.92 Å². The van der Waals surface area contributed by atoms with Crippen molar-refractivity contribution < 1.29 is 9.47 Å². The molecule has 0 amide bonds. The first kappa shape index (κ1) is 15.5. The minimum Gasteiger partial charge on any atom is -0.490 e. The van der Waals surface area contributed by atoms with Crippen LogP contribution in [0.5, 0.6) is 11.5 Å². The molecule has 0 bridgehead atoms. The van der Waals surface area contributed by atoms with E-state index in [1.54, 1.807) is 18.2 Å². The first-order valence-corrected chi connectivity index (χ1v) is 7.44. The van der Waals surface area contributed by atoms with Crippen LogP contribution in [0.3, 0.4) is 0 Å². The first-order chi connectivity index (χ1) is 11.6. The Morgan fingerprint density at radius 1 is 1.21 bits per heavy atom. The lowest BCUT2D eigenvalue weighted by molar-refractivity contribution is 0.363. The van der Waals surface area contributed by atoms with Crippen molar-refractivity contribution >= 4 is 5.69 Å². The summed E-state index contributed by atoms with van der Waals surface area (Å²) in [6, 6.07) is 15.1. The molecule has 5 nitrogen and oxygen atoms in total. The van der Waals surface area contributed by atoms with Gasteiger partial charge in [-0.2, -0.15) is 5.26 Å². The summed E-state index contributed by atoms with van der Waals surface area (Å²) < 4.78 is 11.1. The van der Waals surface area contributed by atoms with Crippen LogP contribution >= 0.6 is 0 Å². The minimum absolute atomic E-state index is 0.104. The Hall–Kier alpha value is -3.39. The molecule has 2 aromatic carbocycles. The fourth-order valence-corrected chi connectivity index (χ4v) is 2.73. The molecule has 1 aliphatic heterocycles. The SMILES string of the molecule is C=CCOc1ccc([C@H]2C(C#N)=C(N)Oc3cc(N)ccc32)cc1. The molecule has 120 valence electrons. The second-order valence-corrected chi connectivity index (χ2v) is 5.39. The van der Waals surface area contributed by atoms with Gasteiger partial charge < -0.3 is 20.9 Å². The van der Waals surface area contributed by atoms with Gasteiger partial charge in [-0.25, -0.2) is 0 Å². The monoisotopic (exact) mass is 319 g/mol. The lowest BCUT2D eigenvalue weighted by Gasteiger charge is -2.26. The molecule has 0 spiro atoms. The van der Waals surface area contributed by atoms with Gasteiger partial charge in [-0.3, -0.25) is 0 Å². The van der Waals surface area contributed by atoms with E-state index < -0.39 is 0 Å². The topological polar surface area (TPSA) is 94.3 Å².